The fourth-order valence-electron chi connectivity index (χ4n) is 4.46. The first kappa shape index (κ1) is 16.9. The van der Waals surface area contributed by atoms with Crippen LogP contribution in [0.2, 0.25) is 0 Å². The van der Waals surface area contributed by atoms with Crippen LogP contribution in [-0.2, 0) is 0 Å². The quantitative estimate of drug-likeness (QED) is 0.685. The van der Waals surface area contributed by atoms with Crippen LogP contribution in [0.3, 0.4) is 0 Å². The number of hydrogen-bond donors (Lipinski definition) is 2. The van der Waals surface area contributed by atoms with Gasteiger partial charge >= 0.3 is 154 Å². The summed E-state index contributed by atoms with van der Waals surface area (Å²) in [5.41, 5.74) is 0. The van der Waals surface area contributed by atoms with Crippen molar-refractivity contribution in [1.29, 1.82) is 0 Å². The maximum atomic E-state index is 10.9. The predicted molar refractivity (Wildman–Crippen MR) is 112 cm³/mol. The van der Waals surface area contributed by atoms with Crippen molar-refractivity contribution in [2.75, 3.05) is 6.16 Å². The molecule has 0 amide bonds. The van der Waals surface area contributed by atoms with Gasteiger partial charge in [0.1, 0.15) is 0 Å². The van der Waals surface area contributed by atoms with Gasteiger partial charge in [-0.15, -0.1) is 0 Å². The second-order valence-electron chi connectivity index (χ2n) is 6.97. The first-order chi connectivity index (χ1) is 12.7. The second kappa shape index (κ2) is 6.30. The normalized spacial score (nSPS) is 19.3. The van der Waals surface area contributed by atoms with Crippen molar-refractivity contribution in [3.8, 4) is 11.5 Å². The van der Waals surface area contributed by atoms with E-state index in [9.17, 15) is 10.2 Å². The third kappa shape index (κ3) is 2.29. The minimum absolute atomic E-state index is 0.0880. The minimum atomic E-state index is -2.98. The summed E-state index contributed by atoms with van der Waals surface area (Å²) in [6, 6.07) is 26.2. The molecule has 1 aliphatic heterocycles. The van der Waals surface area contributed by atoms with Gasteiger partial charge in [-0.05, 0) is 0 Å². The Morgan fingerprint density at radius 1 is 0.731 bits per heavy atom. The topological polar surface area (TPSA) is 40.5 Å². The summed E-state index contributed by atoms with van der Waals surface area (Å²) < 4.78 is 0. The van der Waals surface area contributed by atoms with Crippen LogP contribution in [0.25, 0.3) is 0 Å². The molecule has 26 heavy (non-hydrogen) atoms. The molecule has 3 aromatic rings. The van der Waals surface area contributed by atoms with Gasteiger partial charge in [-0.3, -0.25) is 0 Å². The Bertz CT molecular complexity index is 909. The second-order valence-corrected chi connectivity index (χ2v) is 12.0. The Morgan fingerprint density at radius 3 is 1.85 bits per heavy atom. The average Bonchev–Trinajstić information content (AvgIpc) is 2.70. The Kier molecular flexibility index (Phi) is 4.09. The van der Waals surface area contributed by atoms with E-state index in [-0.39, 0.29) is 11.5 Å². The molecule has 3 heteroatoms. The van der Waals surface area contributed by atoms with E-state index in [0.29, 0.717) is 0 Å². The van der Waals surface area contributed by atoms with Gasteiger partial charge < -0.3 is 0 Å². The summed E-state index contributed by atoms with van der Waals surface area (Å²) in [4.78, 5) is 0. The fourth-order valence-corrected chi connectivity index (χ4v) is 10.9. The van der Waals surface area contributed by atoms with Crippen molar-refractivity contribution >= 4 is 22.5 Å². The third-order valence-corrected chi connectivity index (χ3v) is 12.2. The molecule has 2 N–H and O–H groups in total. The number of phenols is 2. The summed E-state index contributed by atoms with van der Waals surface area (Å²) in [5.74, 6) is 2.64. The molecule has 0 fully saturated rings. The number of phenolic OH excluding ortho intramolecular Hbond substituents is 2. The van der Waals surface area contributed by atoms with Gasteiger partial charge in [-0.1, -0.05) is 0 Å². The number of benzene rings is 3. The van der Waals surface area contributed by atoms with Gasteiger partial charge in [-0.25, -0.2) is 0 Å². The molecule has 0 aromatic heterocycles. The predicted octanol–water partition coefficient (Wildman–Crippen LogP) is 4.23. The molecule has 1 aliphatic rings. The SMILES string of the molecule is Oc1ccc(P2(c3ccccc3)(c3ccccc3)C=CCCC2)c(O)c1. The summed E-state index contributed by atoms with van der Waals surface area (Å²) >= 11 is 0. The number of hydrogen-bond acceptors (Lipinski definition) is 2. The molecule has 0 spiro atoms. The van der Waals surface area contributed by atoms with Gasteiger partial charge in [0.25, 0.3) is 0 Å². The van der Waals surface area contributed by atoms with Crippen LogP contribution in [0.1, 0.15) is 12.8 Å². The molecule has 0 unspecified atom stereocenters. The Labute approximate surface area is 154 Å². The zero-order valence-electron chi connectivity index (χ0n) is 14.6. The monoisotopic (exact) mass is 362 g/mol. The zero-order valence-corrected chi connectivity index (χ0v) is 15.5. The van der Waals surface area contributed by atoms with Gasteiger partial charge in [0, 0.05) is 0 Å². The maximum absolute atomic E-state index is 10.9. The molecule has 0 bridgehead atoms. The molecule has 0 atom stereocenters. The Morgan fingerprint density at radius 2 is 1.35 bits per heavy atom. The van der Waals surface area contributed by atoms with Crippen molar-refractivity contribution in [3.63, 3.8) is 0 Å². The third-order valence-electron chi connectivity index (χ3n) is 5.63. The summed E-state index contributed by atoms with van der Waals surface area (Å²) in [7, 11) is 0. The van der Waals surface area contributed by atoms with E-state index >= 15 is 0 Å². The fraction of sp³-hybridized carbons (Fsp3) is 0.130. The standard InChI is InChI=1S/C23H23O2P/c24-19-14-15-23(22(25)18-19)26(16-8-3-9-17-26,20-10-4-1-5-11-20)21-12-6-2-7-13-21/h1-2,4-8,10-16,18,24-25H,3,9,17H2. The molecule has 0 saturated carbocycles. The van der Waals surface area contributed by atoms with Gasteiger partial charge in [0.2, 0.25) is 0 Å². The summed E-state index contributed by atoms with van der Waals surface area (Å²) in [5, 5.41) is 24.3. The van der Waals surface area contributed by atoms with Crippen LogP contribution < -0.4 is 15.9 Å². The first-order valence-corrected chi connectivity index (χ1v) is 11.5. The molecule has 0 aliphatic carbocycles. The van der Waals surface area contributed by atoms with Crippen molar-refractivity contribution in [2.24, 2.45) is 0 Å². The van der Waals surface area contributed by atoms with Gasteiger partial charge in [0.05, 0.1) is 0 Å². The number of rotatable bonds is 3. The van der Waals surface area contributed by atoms with Crippen molar-refractivity contribution < 1.29 is 10.2 Å². The van der Waals surface area contributed by atoms with Crippen LogP contribution >= 0.6 is 6.60 Å². The van der Waals surface area contributed by atoms with Crippen molar-refractivity contribution in [2.45, 2.75) is 12.8 Å². The van der Waals surface area contributed by atoms with E-state index < -0.39 is 6.60 Å². The van der Waals surface area contributed by atoms with Crippen LogP contribution in [0.4, 0.5) is 0 Å². The zero-order chi connectivity index (χ0) is 18.1. The number of aromatic hydroxyl groups is 2. The van der Waals surface area contributed by atoms with Crippen LogP contribution in [0, 0.1) is 0 Å². The molecule has 0 radical (unpaired) electrons. The van der Waals surface area contributed by atoms with Crippen LogP contribution in [-0.4, -0.2) is 16.4 Å². The molecule has 3 aromatic carbocycles. The Hall–Kier alpha value is -2.57. The van der Waals surface area contributed by atoms with E-state index in [1.165, 1.54) is 16.7 Å². The van der Waals surface area contributed by atoms with E-state index in [1.807, 2.05) is 18.2 Å². The van der Waals surface area contributed by atoms with Gasteiger partial charge in [0.15, 0.2) is 0 Å². The van der Waals surface area contributed by atoms with E-state index in [2.05, 4.69) is 60.4 Å². The molecular weight excluding hydrogens is 339 g/mol. The van der Waals surface area contributed by atoms with Crippen molar-refractivity contribution in [1.82, 2.24) is 0 Å². The summed E-state index contributed by atoms with van der Waals surface area (Å²) in [6.45, 7) is -2.98. The van der Waals surface area contributed by atoms with Crippen LogP contribution in [0.5, 0.6) is 11.5 Å². The first-order valence-electron chi connectivity index (χ1n) is 8.99. The van der Waals surface area contributed by atoms with E-state index in [4.69, 9.17) is 0 Å². The molecule has 4 rings (SSSR count). The van der Waals surface area contributed by atoms with E-state index in [0.717, 1.165) is 24.3 Å². The molecule has 0 saturated heterocycles. The van der Waals surface area contributed by atoms with Gasteiger partial charge in [-0.2, -0.15) is 0 Å². The van der Waals surface area contributed by atoms with Crippen molar-refractivity contribution in [3.05, 3.63) is 90.8 Å². The summed E-state index contributed by atoms with van der Waals surface area (Å²) in [6.07, 6.45) is 5.37. The molecule has 2 nitrogen and oxygen atoms in total. The van der Waals surface area contributed by atoms with Crippen LogP contribution in [0.15, 0.2) is 90.8 Å². The number of allylic oxidation sites excluding steroid dienone is 1. The molecular formula is C23H23O2P. The Balaban J connectivity index is 2.19. The molecule has 1 heterocycles. The average molecular weight is 362 g/mol. The van der Waals surface area contributed by atoms with E-state index in [1.54, 1.807) is 6.07 Å². The molecule has 132 valence electrons.